The minimum Gasteiger partial charge on any atom is -0.317 e. The van der Waals surface area contributed by atoms with E-state index in [-0.39, 0.29) is 11.3 Å². The molecule has 1 aliphatic rings. The Bertz CT molecular complexity index is 1510. The number of sulfonamides is 1. The van der Waals surface area contributed by atoms with Crippen LogP contribution < -0.4 is 14.8 Å². The Morgan fingerprint density at radius 3 is 2.55 bits per heavy atom. The van der Waals surface area contributed by atoms with Gasteiger partial charge in [0.15, 0.2) is 11.0 Å². The molecule has 160 valence electrons. The summed E-state index contributed by atoms with van der Waals surface area (Å²) in [5.74, 6) is 1.63. The number of fused-ring (bicyclic) bond motifs is 2. The molecule has 1 fully saturated rings. The quantitative estimate of drug-likeness (QED) is 0.470. The van der Waals surface area contributed by atoms with Crippen molar-refractivity contribution < 1.29 is 13.0 Å². The highest BCUT2D eigenvalue weighted by molar-refractivity contribution is 7.92. The highest BCUT2D eigenvalue weighted by atomic mass is 32.2. The zero-order valence-corrected chi connectivity index (χ0v) is 18.6. The fourth-order valence-corrected chi connectivity index (χ4v) is 4.87. The van der Waals surface area contributed by atoms with Crippen molar-refractivity contribution >= 4 is 37.5 Å². The van der Waals surface area contributed by atoms with E-state index >= 15 is 0 Å². The van der Waals surface area contributed by atoms with E-state index in [1.54, 1.807) is 18.5 Å². The topological polar surface area (TPSA) is 87.8 Å². The van der Waals surface area contributed by atoms with E-state index in [4.69, 9.17) is 0 Å². The van der Waals surface area contributed by atoms with E-state index in [0.717, 1.165) is 46.2 Å². The van der Waals surface area contributed by atoms with E-state index in [2.05, 4.69) is 14.3 Å². The van der Waals surface area contributed by atoms with E-state index in [9.17, 15) is 13.2 Å². The summed E-state index contributed by atoms with van der Waals surface area (Å²) in [7, 11) is 0.314. The van der Waals surface area contributed by atoms with Crippen molar-refractivity contribution in [1.29, 1.82) is 0 Å². The Labute approximate surface area is 180 Å². The molecular formula is C23H25N4O3S+. The molecule has 0 saturated heterocycles. The third kappa shape index (κ3) is 3.31. The number of hydrogen-bond acceptors (Lipinski definition) is 3. The molecule has 0 aliphatic heterocycles. The van der Waals surface area contributed by atoms with Crippen molar-refractivity contribution in [3.63, 3.8) is 0 Å². The molecule has 2 aromatic carbocycles. The molecule has 31 heavy (non-hydrogen) atoms. The predicted octanol–water partition coefficient (Wildman–Crippen LogP) is 3.15. The summed E-state index contributed by atoms with van der Waals surface area (Å²) in [4.78, 5) is 16.3. The van der Waals surface area contributed by atoms with Gasteiger partial charge in [0, 0.05) is 35.8 Å². The molecular weight excluding hydrogens is 412 g/mol. The van der Waals surface area contributed by atoms with Gasteiger partial charge >= 0.3 is 0 Å². The number of benzene rings is 2. The number of nitrogens with zero attached hydrogens (tertiary/aromatic N) is 2. The van der Waals surface area contributed by atoms with Crippen LogP contribution in [0.4, 0.5) is 5.69 Å². The van der Waals surface area contributed by atoms with E-state index in [1.165, 1.54) is 0 Å². The lowest BCUT2D eigenvalue weighted by Gasteiger charge is -2.12. The molecule has 0 atom stereocenters. The molecule has 1 saturated carbocycles. The Kier molecular flexibility index (Phi) is 4.44. The van der Waals surface area contributed by atoms with Crippen LogP contribution in [0.15, 0.2) is 47.4 Å². The SMILES string of the molecule is CCS(=O)(=O)Nc1cc(-c2cn(C)c(=O)c3ccccc23)c2[nH]c(C3CC3)[n+](C)c2c1. The van der Waals surface area contributed by atoms with Crippen LogP contribution >= 0.6 is 0 Å². The average molecular weight is 438 g/mol. The second kappa shape index (κ2) is 6.95. The van der Waals surface area contributed by atoms with Gasteiger partial charge in [-0.1, -0.05) is 18.2 Å². The van der Waals surface area contributed by atoms with Crippen LogP contribution in [0.2, 0.25) is 0 Å². The summed E-state index contributed by atoms with van der Waals surface area (Å²) in [6, 6.07) is 11.3. The number of hydrogen-bond donors (Lipinski definition) is 2. The van der Waals surface area contributed by atoms with Gasteiger partial charge in [-0.3, -0.25) is 9.52 Å². The summed E-state index contributed by atoms with van der Waals surface area (Å²) in [6.45, 7) is 1.61. The standard InChI is InChI=1S/C23H24N4O3S/c1-4-31(29,30)25-15-11-18(21-20(12-15)27(3)22(24-21)14-9-10-14)19-13-26(2)23(28)17-8-6-5-7-16(17)19/h5-8,11-14,25H,4,9-10H2,1-3H3/p+1. The predicted molar refractivity (Wildman–Crippen MR) is 123 cm³/mol. The largest absolute Gasteiger partial charge is 0.317 e. The van der Waals surface area contributed by atoms with E-state index in [1.807, 2.05) is 49.6 Å². The molecule has 4 aromatic rings. The highest BCUT2D eigenvalue weighted by Crippen LogP contribution is 2.40. The number of aromatic amines is 1. The molecule has 5 rings (SSSR count). The number of imidazole rings is 1. The maximum absolute atomic E-state index is 12.7. The van der Waals surface area contributed by atoms with Gasteiger partial charge in [0.2, 0.25) is 10.0 Å². The number of rotatable bonds is 5. The lowest BCUT2D eigenvalue weighted by molar-refractivity contribution is -0.653. The zero-order valence-electron chi connectivity index (χ0n) is 17.8. The molecule has 1 aliphatic carbocycles. The van der Waals surface area contributed by atoms with Gasteiger partial charge in [-0.05, 0) is 37.3 Å². The molecule has 2 aromatic heterocycles. The van der Waals surface area contributed by atoms with Gasteiger partial charge in [0.25, 0.3) is 11.4 Å². The molecule has 0 spiro atoms. The normalized spacial score (nSPS) is 14.4. The fourth-order valence-electron chi connectivity index (χ4n) is 4.25. The first-order valence-corrected chi connectivity index (χ1v) is 12.1. The Morgan fingerprint density at radius 2 is 1.87 bits per heavy atom. The number of nitrogens with one attached hydrogen (secondary N) is 2. The maximum Gasteiger partial charge on any atom is 0.258 e. The smallest absolute Gasteiger partial charge is 0.258 e. The molecule has 0 unspecified atom stereocenters. The van der Waals surface area contributed by atoms with Gasteiger partial charge in [-0.15, -0.1) is 0 Å². The van der Waals surface area contributed by atoms with Crippen LogP contribution in [0.25, 0.3) is 32.9 Å². The summed E-state index contributed by atoms with van der Waals surface area (Å²) in [5, 5.41) is 1.47. The van der Waals surface area contributed by atoms with E-state index in [0.29, 0.717) is 17.0 Å². The van der Waals surface area contributed by atoms with Crippen molar-refractivity contribution in [2.75, 3.05) is 10.5 Å². The summed E-state index contributed by atoms with van der Waals surface area (Å²) in [5.41, 5.74) is 4.05. The van der Waals surface area contributed by atoms with Crippen LogP contribution in [0.1, 0.15) is 31.5 Å². The summed E-state index contributed by atoms with van der Waals surface area (Å²) >= 11 is 0. The lowest BCUT2D eigenvalue weighted by atomic mass is 9.99. The third-order valence-electron chi connectivity index (χ3n) is 6.09. The van der Waals surface area contributed by atoms with Crippen LogP contribution in [0.5, 0.6) is 0 Å². The number of anilines is 1. The third-order valence-corrected chi connectivity index (χ3v) is 7.40. The van der Waals surface area contributed by atoms with Crippen LogP contribution in [-0.2, 0) is 24.1 Å². The second-order valence-corrected chi connectivity index (χ2v) is 10.3. The van der Waals surface area contributed by atoms with Crippen molar-refractivity contribution in [3.05, 3.63) is 58.8 Å². The molecule has 0 radical (unpaired) electrons. The number of aryl methyl sites for hydroxylation is 2. The van der Waals surface area contributed by atoms with Crippen LogP contribution in [0, 0.1) is 0 Å². The monoisotopic (exact) mass is 437 g/mol. The molecule has 2 heterocycles. The van der Waals surface area contributed by atoms with Crippen molar-refractivity contribution in [1.82, 2.24) is 9.55 Å². The molecule has 0 bridgehead atoms. The minimum atomic E-state index is -3.43. The van der Waals surface area contributed by atoms with Gasteiger partial charge in [-0.25, -0.2) is 18.0 Å². The van der Waals surface area contributed by atoms with Crippen LogP contribution in [-0.4, -0.2) is 23.7 Å². The first-order valence-electron chi connectivity index (χ1n) is 10.4. The Hall–Kier alpha value is -3.13. The average Bonchev–Trinajstić information content (AvgIpc) is 3.54. The summed E-state index contributed by atoms with van der Waals surface area (Å²) < 4.78 is 31.0. The molecule has 8 heteroatoms. The van der Waals surface area contributed by atoms with Gasteiger partial charge in [0.05, 0.1) is 24.4 Å². The maximum atomic E-state index is 12.7. The Balaban J connectivity index is 1.86. The molecule has 7 nitrogen and oxygen atoms in total. The van der Waals surface area contributed by atoms with E-state index < -0.39 is 10.0 Å². The lowest BCUT2D eigenvalue weighted by Crippen LogP contribution is -2.31. The minimum absolute atomic E-state index is 0.00424. The molecule has 2 N–H and O–H groups in total. The number of H-pyrrole nitrogens is 1. The zero-order chi connectivity index (χ0) is 21.9. The highest BCUT2D eigenvalue weighted by Gasteiger charge is 2.35. The first kappa shape index (κ1) is 19.8. The van der Waals surface area contributed by atoms with Crippen LogP contribution in [0.3, 0.4) is 0 Å². The second-order valence-electron chi connectivity index (χ2n) is 8.27. The first-order chi connectivity index (χ1) is 14.8. The van der Waals surface area contributed by atoms with Gasteiger partial charge in [0.1, 0.15) is 0 Å². The van der Waals surface area contributed by atoms with Gasteiger partial charge in [-0.2, -0.15) is 0 Å². The van der Waals surface area contributed by atoms with Crippen molar-refractivity contribution in [2.45, 2.75) is 25.7 Å². The number of aromatic nitrogens is 3. The fraction of sp³-hybridized carbons (Fsp3) is 0.304. The molecule has 0 amide bonds. The van der Waals surface area contributed by atoms with Crippen molar-refractivity contribution in [2.24, 2.45) is 14.1 Å². The number of pyridine rings is 1. The summed E-state index contributed by atoms with van der Waals surface area (Å²) in [6.07, 6.45) is 4.12. The van der Waals surface area contributed by atoms with Gasteiger partial charge < -0.3 is 4.57 Å². The Morgan fingerprint density at radius 1 is 1.16 bits per heavy atom. The van der Waals surface area contributed by atoms with Crippen molar-refractivity contribution in [3.8, 4) is 11.1 Å².